The highest BCUT2D eigenvalue weighted by Crippen LogP contribution is 2.25. The van der Waals surface area contributed by atoms with Gasteiger partial charge in [0.1, 0.15) is 11.6 Å². The van der Waals surface area contributed by atoms with Crippen molar-refractivity contribution in [1.29, 1.82) is 0 Å². The van der Waals surface area contributed by atoms with Crippen molar-refractivity contribution < 1.29 is 8.78 Å². The molecular weight excluding hydrogens is 410 g/mol. The molecule has 0 saturated heterocycles. The lowest BCUT2D eigenvalue weighted by molar-refractivity contribution is 0.262. The molecule has 6 nitrogen and oxygen atoms in total. The number of rotatable bonds is 4. The Balaban J connectivity index is 1.33. The third kappa shape index (κ3) is 3.46. The molecule has 0 aliphatic carbocycles. The van der Waals surface area contributed by atoms with E-state index in [1.54, 1.807) is 11.2 Å². The van der Waals surface area contributed by atoms with Crippen LogP contribution in [0, 0.1) is 11.6 Å². The number of nitrogens with zero attached hydrogens (tertiary/aromatic N) is 4. The molecule has 1 aliphatic rings. The Morgan fingerprint density at radius 2 is 1.87 bits per heavy atom. The molecule has 0 saturated carbocycles. The molecule has 9 heteroatoms. The van der Waals surface area contributed by atoms with Gasteiger partial charge in [-0.1, -0.05) is 17.7 Å². The molecule has 0 atom stereocenters. The number of imidazole rings is 2. The molecule has 2 aromatic heterocycles. The van der Waals surface area contributed by atoms with Crippen LogP contribution >= 0.6 is 11.6 Å². The quantitative estimate of drug-likeness (QED) is 0.496. The first kappa shape index (κ1) is 18.5. The monoisotopic (exact) mass is 424 g/mol. The van der Waals surface area contributed by atoms with Crippen LogP contribution in [0.15, 0.2) is 53.8 Å². The van der Waals surface area contributed by atoms with E-state index >= 15 is 0 Å². The van der Waals surface area contributed by atoms with Crippen molar-refractivity contribution in [1.82, 2.24) is 24.9 Å². The van der Waals surface area contributed by atoms with Gasteiger partial charge < -0.3 is 9.97 Å². The number of aromatic nitrogens is 4. The van der Waals surface area contributed by atoms with Crippen molar-refractivity contribution >= 4 is 17.8 Å². The van der Waals surface area contributed by atoms with Crippen molar-refractivity contribution in [2.75, 3.05) is 0 Å². The summed E-state index contributed by atoms with van der Waals surface area (Å²) in [5, 5.41) is 6.87. The number of benzene rings is 2. The van der Waals surface area contributed by atoms with E-state index in [0.717, 1.165) is 23.1 Å². The van der Waals surface area contributed by atoms with Crippen molar-refractivity contribution in [3.8, 4) is 22.8 Å². The van der Waals surface area contributed by atoms with Crippen LogP contribution < -0.4 is 0 Å². The third-order valence-corrected chi connectivity index (χ3v) is 5.04. The number of fused-ring (bicyclic) bond motifs is 1. The summed E-state index contributed by atoms with van der Waals surface area (Å²) >= 11 is 5.93. The molecule has 0 unspecified atom stereocenters. The predicted molar refractivity (Wildman–Crippen MR) is 110 cm³/mol. The molecule has 0 amide bonds. The minimum Gasteiger partial charge on any atom is -0.344 e. The Kier molecular flexibility index (Phi) is 4.55. The average molecular weight is 425 g/mol. The highest BCUT2D eigenvalue weighted by Gasteiger charge is 2.20. The van der Waals surface area contributed by atoms with Gasteiger partial charge in [-0.15, -0.1) is 0 Å². The third-order valence-electron chi connectivity index (χ3n) is 4.79. The summed E-state index contributed by atoms with van der Waals surface area (Å²) < 4.78 is 27.6. The number of hydrogen-bond acceptors (Lipinski definition) is 4. The average Bonchev–Trinajstić information content (AvgIpc) is 3.37. The first-order valence-electron chi connectivity index (χ1n) is 9.19. The molecule has 3 heterocycles. The predicted octanol–water partition coefficient (Wildman–Crippen LogP) is 4.75. The van der Waals surface area contributed by atoms with Gasteiger partial charge in [0.15, 0.2) is 11.6 Å². The van der Waals surface area contributed by atoms with E-state index in [2.05, 4.69) is 25.0 Å². The summed E-state index contributed by atoms with van der Waals surface area (Å²) in [7, 11) is 0. The second kappa shape index (κ2) is 7.38. The zero-order valence-corrected chi connectivity index (χ0v) is 16.3. The first-order chi connectivity index (χ1) is 14.6. The van der Waals surface area contributed by atoms with Crippen LogP contribution in [0.2, 0.25) is 5.02 Å². The van der Waals surface area contributed by atoms with Crippen LogP contribution in [0.1, 0.15) is 17.1 Å². The summed E-state index contributed by atoms with van der Waals surface area (Å²) in [5.41, 5.74) is 3.21. The maximum absolute atomic E-state index is 14.1. The van der Waals surface area contributed by atoms with E-state index in [9.17, 15) is 8.78 Å². The molecule has 150 valence electrons. The van der Waals surface area contributed by atoms with Gasteiger partial charge in [0.25, 0.3) is 0 Å². The Hall–Kier alpha value is -3.52. The van der Waals surface area contributed by atoms with Gasteiger partial charge >= 0.3 is 0 Å². The molecule has 0 fully saturated rings. The lowest BCUT2D eigenvalue weighted by atomic mass is 10.2. The van der Waals surface area contributed by atoms with E-state index in [-0.39, 0.29) is 11.4 Å². The fourth-order valence-corrected chi connectivity index (χ4v) is 3.42. The molecule has 2 aromatic carbocycles. The molecule has 5 rings (SSSR count). The fourth-order valence-electron chi connectivity index (χ4n) is 3.30. The molecule has 0 spiro atoms. The Bertz CT molecular complexity index is 1240. The van der Waals surface area contributed by atoms with Crippen LogP contribution in [0.5, 0.6) is 0 Å². The van der Waals surface area contributed by atoms with E-state index in [0.29, 0.717) is 29.5 Å². The second-order valence-corrected chi connectivity index (χ2v) is 7.30. The summed E-state index contributed by atoms with van der Waals surface area (Å²) in [6.45, 7) is 0.888. The van der Waals surface area contributed by atoms with Gasteiger partial charge in [-0.05, 0) is 36.4 Å². The first-order valence-corrected chi connectivity index (χ1v) is 9.57. The molecule has 0 bridgehead atoms. The minimum atomic E-state index is -0.927. The zero-order chi connectivity index (χ0) is 20.7. The number of H-pyrrole nitrogens is 2. The van der Waals surface area contributed by atoms with E-state index in [4.69, 9.17) is 11.6 Å². The lowest BCUT2D eigenvalue weighted by Gasteiger charge is -2.20. The lowest BCUT2D eigenvalue weighted by Crippen LogP contribution is -2.21. The summed E-state index contributed by atoms with van der Waals surface area (Å²) in [5.74, 6) is -0.821. The highest BCUT2D eigenvalue weighted by atomic mass is 35.5. The number of hydrazone groups is 1. The highest BCUT2D eigenvalue weighted by molar-refractivity contribution is 6.30. The normalized spacial score (nSPS) is 13.0. The molecule has 0 radical (unpaired) electrons. The second-order valence-electron chi connectivity index (χ2n) is 6.86. The van der Waals surface area contributed by atoms with Gasteiger partial charge in [-0.3, -0.25) is 5.01 Å². The SMILES string of the molecule is Fc1cccc(-c2nc3c([nH]2)C=NN(Cc2c[nH]c(-c4ccc(Cl)cc4)n2)C3)c1F. The number of halogens is 3. The van der Waals surface area contributed by atoms with Crippen LogP contribution in [0.3, 0.4) is 0 Å². The van der Waals surface area contributed by atoms with Gasteiger partial charge in [-0.2, -0.15) is 5.10 Å². The van der Waals surface area contributed by atoms with Crippen molar-refractivity contribution in [2.24, 2.45) is 5.10 Å². The Morgan fingerprint density at radius 1 is 1.03 bits per heavy atom. The fraction of sp³-hybridized carbons (Fsp3) is 0.0952. The molecule has 2 N–H and O–H groups in total. The standard InChI is InChI=1S/C21H15ClF2N6/c22-13-6-4-12(5-7-13)20-25-8-14(27-20)10-30-11-18-17(9-26-30)28-21(29-18)15-2-1-3-16(23)19(15)24/h1-9H,10-11H2,(H,25,27)(H,28,29). The summed E-state index contributed by atoms with van der Waals surface area (Å²) in [6.07, 6.45) is 3.45. The molecule has 4 aromatic rings. The van der Waals surface area contributed by atoms with Crippen LogP contribution in [0.25, 0.3) is 22.8 Å². The Morgan fingerprint density at radius 3 is 2.70 bits per heavy atom. The van der Waals surface area contributed by atoms with Crippen molar-refractivity contribution in [3.63, 3.8) is 0 Å². The van der Waals surface area contributed by atoms with E-state index < -0.39 is 11.6 Å². The number of nitrogens with one attached hydrogen (secondary N) is 2. The van der Waals surface area contributed by atoms with Crippen LogP contribution in [-0.4, -0.2) is 31.2 Å². The minimum absolute atomic E-state index is 0.0873. The smallest absolute Gasteiger partial charge is 0.169 e. The van der Waals surface area contributed by atoms with Gasteiger partial charge in [0.05, 0.1) is 41.9 Å². The van der Waals surface area contributed by atoms with Crippen molar-refractivity contribution in [2.45, 2.75) is 13.1 Å². The maximum atomic E-state index is 14.1. The number of aromatic amines is 2. The molecular formula is C21H15ClF2N6. The molecule has 30 heavy (non-hydrogen) atoms. The van der Waals surface area contributed by atoms with Gasteiger partial charge in [-0.25, -0.2) is 18.7 Å². The summed E-state index contributed by atoms with van der Waals surface area (Å²) in [4.78, 5) is 15.2. The summed E-state index contributed by atoms with van der Waals surface area (Å²) in [6, 6.07) is 11.4. The van der Waals surface area contributed by atoms with E-state index in [1.807, 2.05) is 30.5 Å². The van der Waals surface area contributed by atoms with Gasteiger partial charge in [0.2, 0.25) is 0 Å². The zero-order valence-electron chi connectivity index (χ0n) is 15.5. The van der Waals surface area contributed by atoms with Crippen LogP contribution in [-0.2, 0) is 13.1 Å². The maximum Gasteiger partial charge on any atom is 0.169 e. The topological polar surface area (TPSA) is 73.0 Å². The van der Waals surface area contributed by atoms with Gasteiger partial charge in [0, 0.05) is 16.8 Å². The van der Waals surface area contributed by atoms with Crippen LogP contribution in [0.4, 0.5) is 8.78 Å². The molecule has 1 aliphatic heterocycles. The largest absolute Gasteiger partial charge is 0.344 e. The Labute approximate surface area is 175 Å². The van der Waals surface area contributed by atoms with E-state index in [1.165, 1.54) is 12.1 Å². The van der Waals surface area contributed by atoms with Crippen molar-refractivity contribution in [3.05, 3.63) is 82.4 Å². The number of hydrogen-bond donors (Lipinski definition) is 2.